The first-order valence-corrected chi connectivity index (χ1v) is 6.49. The van der Waals surface area contributed by atoms with Crippen molar-refractivity contribution < 1.29 is 9.90 Å². The lowest BCUT2D eigenvalue weighted by Crippen LogP contribution is -2.37. The van der Waals surface area contributed by atoms with Crippen molar-refractivity contribution >= 4 is 17.5 Å². The summed E-state index contributed by atoms with van der Waals surface area (Å²) in [5, 5.41) is 9.18. The third-order valence-electron chi connectivity index (χ3n) is 3.19. The molecule has 104 valence electrons. The van der Waals surface area contributed by atoms with Crippen LogP contribution in [0.3, 0.4) is 0 Å². The van der Waals surface area contributed by atoms with E-state index in [2.05, 4.69) is 9.98 Å². The van der Waals surface area contributed by atoms with Gasteiger partial charge in [-0.15, -0.1) is 0 Å². The van der Waals surface area contributed by atoms with E-state index in [1.54, 1.807) is 12.4 Å². The lowest BCUT2D eigenvalue weighted by atomic mass is 10.1. The molecular formula is C16H13N3O2. The minimum atomic E-state index is -0.954. The molecule has 0 aliphatic carbocycles. The van der Waals surface area contributed by atoms with Gasteiger partial charge in [0.25, 0.3) is 0 Å². The van der Waals surface area contributed by atoms with Crippen molar-refractivity contribution in [3.63, 3.8) is 0 Å². The van der Waals surface area contributed by atoms with Crippen molar-refractivity contribution in [3.05, 3.63) is 72.2 Å². The largest absolute Gasteiger partial charge is 0.478 e. The van der Waals surface area contributed by atoms with Crippen molar-refractivity contribution in [1.29, 1.82) is 0 Å². The first-order valence-electron chi connectivity index (χ1n) is 6.49. The SMILES string of the molecule is O=C(O)C1=CN=C(c2cccnc2)N(c2ccccc2)C1. The van der Waals surface area contributed by atoms with E-state index in [9.17, 15) is 9.90 Å². The fraction of sp³-hybridized carbons (Fsp3) is 0.0625. The highest BCUT2D eigenvalue weighted by atomic mass is 16.4. The normalized spacial score (nSPS) is 14.4. The molecule has 0 radical (unpaired) electrons. The number of anilines is 1. The van der Waals surface area contributed by atoms with Gasteiger partial charge in [-0.25, -0.2) is 9.79 Å². The van der Waals surface area contributed by atoms with Crippen molar-refractivity contribution in [2.24, 2.45) is 4.99 Å². The van der Waals surface area contributed by atoms with Gasteiger partial charge in [0.1, 0.15) is 5.84 Å². The lowest BCUT2D eigenvalue weighted by molar-refractivity contribution is -0.132. The van der Waals surface area contributed by atoms with Gasteiger partial charge in [0.05, 0.1) is 12.1 Å². The average molecular weight is 279 g/mol. The van der Waals surface area contributed by atoms with Crippen LogP contribution in [0.15, 0.2) is 71.6 Å². The molecule has 2 aromatic rings. The monoisotopic (exact) mass is 279 g/mol. The van der Waals surface area contributed by atoms with Gasteiger partial charge in [0.15, 0.2) is 0 Å². The number of benzene rings is 1. The van der Waals surface area contributed by atoms with Crippen LogP contribution in [-0.4, -0.2) is 28.4 Å². The second-order valence-corrected chi connectivity index (χ2v) is 4.58. The summed E-state index contributed by atoms with van der Waals surface area (Å²) in [6, 6.07) is 13.3. The molecule has 1 aliphatic rings. The number of aliphatic imine (C=N–C) groups is 1. The van der Waals surface area contributed by atoms with Gasteiger partial charge in [0.2, 0.25) is 0 Å². The number of carbonyl (C=O) groups is 1. The summed E-state index contributed by atoms with van der Waals surface area (Å²) in [6.07, 6.45) is 4.82. The van der Waals surface area contributed by atoms with E-state index in [0.717, 1.165) is 11.3 Å². The summed E-state index contributed by atoms with van der Waals surface area (Å²) in [6.45, 7) is 0.271. The predicted octanol–water partition coefficient (Wildman–Crippen LogP) is 2.32. The van der Waals surface area contributed by atoms with E-state index in [1.165, 1.54) is 6.20 Å². The lowest BCUT2D eigenvalue weighted by Gasteiger charge is -2.28. The number of rotatable bonds is 3. The van der Waals surface area contributed by atoms with Crippen molar-refractivity contribution in [3.8, 4) is 0 Å². The summed E-state index contributed by atoms with van der Waals surface area (Å²) in [5.74, 6) is -0.260. The molecule has 3 rings (SSSR count). The van der Waals surface area contributed by atoms with Crippen LogP contribution in [0.5, 0.6) is 0 Å². The highest BCUT2D eigenvalue weighted by Crippen LogP contribution is 2.22. The number of carboxylic acid groups (broad SMARTS) is 1. The summed E-state index contributed by atoms with van der Waals surface area (Å²) in [5.41, 5.74) is 2.00. The molecule has 0 amide bonds. The number of carboxylic acids is 1. The molecule has 0 atom stereocenters. The Labute approximate surface area is 121 Å². The second-order valence-electron chi connectivity index (χ2n) is 4.58. The van der Waals surface area contributed by atoms with E-state index in [4.69, 9.17) is 0 Å². The third kappa shape index (κ3) is 2.67. The first kappa shape index (κ1) is 13.1. The smallest absolute Gasteiger partial charge is 0.334 e. The minimum absolute atomic E-state index is 0.256. The molecule has 5 nitrogen and oxygen atoms in total. The van der Waals surface area contributed by atoms with Crippen LogP contribution in [0.1, 0.15) is 5.56 Å². The molecule has 5 heteroatoms. The number of nitrogens with zero attached hydrogens (tertiary/aromatic N) is 3. The van der Waals surface area contributed by atoms with Crippen LogP contribution in [0.2, 0.25) is 0 Å². The second kappa shape index (κ2) is 5.58. The maximum atomic E-state index is 11.2. The molecule has 0 saturated carbocycles. The quantitative estimate of drug-likeness (QED) is 0.936. The molecule has 0 unspecified atom stereocenters. The van der Waals surface area contributed by atoms with Gasteiger partial charge in [-0.3, -0.25) is 4.98 Å². The van der Waals surface area contributed by atoms with Gasteiger partial charge in [-0.2, -0.15) is 0 Å². The fourth-order valence-electron chi connectivity index (χ4n) is 2.16. The number of hydrogen-bond donors (Lipinski definition) is 1. The Hall–Kier alpha value is -2.95. The Kier molecular flexibility index (Phi) is 3.47. The topological polar surface area (TPSA) is 65.8 Å². The van der Waals surface area contributed by atoms with Gasteiger partial charge in [-0.1, -0.05) is 18.2 Å². The van der Waals surface area contributed by atoms with E-state index in [-0.39, 0.29) is 12.1 Å². The Morgan fingerprint density at radius 3 is 2.62 bits per heavy atom. The standard InChI is InChI=1S/C16H13N3O2/c20-16(21)13-10-18-15(12-5-4-8-17-9-12)19(11-13)14-6-2-1-3-7-14/h1-10H,11H2,(H,20,21). The molecule has 0 bridgehead atoms. The van der Waals surface area contributed by atoms with Crippen LogP contribution < -0.4 is 4.90 Å². The molecule has 21 heavy (non-hydrogen) atoms. The van der Waals surface area contributed by atoms with Gasteiger partial charge in [-0.05, 0) is 24.3 Å². The summed E-state index contributed by atoms with van der Waals surface area (Å²) in [7, 11) is 0. The Morgan fingerprint density at radius 1 is 1.14 bits per heavy atom. The number of pyridine rings is 1. The highest BCUT2D eigenvalue weighted by Gasteiger charge is 2.23. The zero-order valence-electron chi connectivity index (χ0n) is 11.2. The molecule has 1 aromatic carbocycles. The molecule has 1 aromatic heterocycles. The van der Waals surface area contributed by atoms with E-state index < -0.39 is 5.97 Å². The van der Waals surface area contributed by atoms with E-state index in [0.29, 0.717) is 5.84 Å². The number of hydrogen-bond acceptors (Lipinski definition) is 4. The van der Waals surface area contributed by atoms with Gasteiger partial charge >= 0.3 is 5.97 Å². The molecule has 1 N–H and O–H groups in total. The number of aliphatic carboxylic acids is 1. The highest BCUT2D eigenvalue weighted by molar-refractivity contribution is 6.12. The van der Waals surface area contributed by atoms with Crippen molar-refractivity contribution in [1.82, 2.24) is 4.98 Å². The predicted molar refractivity (Wildman–Crippen MR) is 80.3 cm³/mol. The van der Waals surface area contributed by atoms with Crippen LogP contribution >= 0.6 is 0 Å². The number of para-hydroxylation sites is 1. The van der Waals surface area contributed by atoms with E-state index in [1.807, 2.05) is 47.4 Å². The summed E-state index contributed by atoms with van der Waals surface area (Å²) in [4.78, 5) is 21.5. The maximum absolute atomic E-state index is 11.2. The summed E-state index contributed by atoms with van der Waals surface area (Å²) >= 11 is 0. The maximum Gasteiger partial charge on any atom is 0.334 e. The molecular weight excluding hydrogens is 266 g/mol. The zero-order valence-corrected chi connectivity index (χ0v) is 11.2. The molecule has 2 heterocycles. The Balaban J connectivity index is 2.06. The molecule has 1 aliphatic heterocycles. The van der Waals surface area contributed by atoms with Crippen LogP contribution in [0.4, 0.5) is 5.69 Å². The van der Waals surface area contributed by atoms with E-state index >= 15 is 0 Å². The molecule has 0 fully saturated rings. The molecule has 0 spiro atoms. The van der Waals surface area contributed by atoms with Crippen molar-refractivity contribution in [2.75, 3.05) is 11.4 Å². The average Bonchev–Trinajstić information content (AvgIpc) is 2.56. The summed E-state index contributed by atoms with van der Waals surface area (Å²) < 4.78 is 0. The third-order valence-corrected chi connectivity index (χ3v) is 3.19. The Bertz CT molecular complexity index is 709. The number of aromatic nitrogens is 1. The van der Waals surface area contributed by atoms with Crippen molar-refractivity contribution in [2.45, 2.75) is 0 Å². The zero-order chi connectivity index (χ0) is 14.7. The minimum Gasteiger partial charge on any atom is -0.478 e. The van der Waals surface area contributed by atoms with Gasteiger partial charge < -0.3 is 10.0 Å². The fourth-order valence-corrected chi connectivity index (χ4v) is 2.16. The van der Waals surface area contributed by atoms with Crippen LogP contribution in [0, 0.1) is 0 Å². The van der Waals surface area contributed by atoms with Crippen LogP contribution in [-0.2, 0) is 4.79 Å². The molecule has 0 saturated heterocycles. The Morgan fingerprint density at radius 2 is 1.95 bits per heavy atom. The van der Waals surface area contributed by atoms with Gasteiger partial charge in [0, 0.05) is 29.8 Å². The first-order chi connectivity index (χ1) is 10.3. The number of amidine groups is 1. The van der Waals surface area contributed by atoms with Crippen LogP contribution in [0.25, 0.3) is 0 Å².